The monoisotopic (exact) mass is 193 g/mol. The van der Waals surface area contributed by atoms with Crippen molar-refractivity contribution in [2.45, 2.75) is 27.7 Å². The van der Waals surface area contributed by atoms with Gasteiger partial charge in [-0.1, -0.05) is 27.7 Å². The van der Waals surface area contributed by atoms with Gasteiger partial charge in [0, 0.05) is 13.7 Å². The van der Waals surface area contributed by atoms with Crippen LogP contribution in [0.4, 0.5) is 4.79 Å². The van der Waals surface area contributed by atoms with Gasteiger partial charge >= 0.3 is 6.09 Å². The molecule has 0 aliphatic carbocycles. The summed E-state index contributed by atoms with van der Waals surface area (Å²) in [5, 5.41) is 2.45. The van der Waals surface area contributed by atoms with Gasteiger partial charge in [0.25, 0.3) is 0 Å². The number of hydrogen-bond acceptors (Lipinski definition) is 3. The van der Waals surface area contributed by atoms with Gasteiger partial charge in [-0.25, -0.2) is 4.79 Å². The summed E-state index contributed by atoms with van der Waals surface area (Å²) >= 11 is 0. The molecule has 0 saturated carbocycles. The Balaban J connectivity index is -0.000000218. The third-order valence-electron chi connectivity index (χ3n) is 0.761. The molecule has 13 heavy (non-hydrogen) atoms. The quantitative estimate of drug-likeness (QED) is 0.698. The number of carbonyl (C=O) groups excluding carboxylic acids is 1. The number of ether oxygens (including phenoxy) is 2. The number of methoxy groups -OCH3 is 2. The summed E-state index contributed by atoms with van der Waals surface area (Å²) in [6, 6.07) is 0. The highest BCUT2D eigenvalue weighted by atomic mass is 16.5. The fourth-order valence-corrected chi connectivity index (χ4v) is 0.327. The lowest BCUT2D eigenvalue weighted by molar-refractivity contribution is 0.160. The van der Waals surface area contributed by atoms with Gasteiger partial charge < -0.3 is 14.8 Å². The number of alkyl carbamates (subject to hydrolysis) is 1. The van der Waals surface area contributed by atoms with Gasteiger partial charge in [-0.15, -0.1) is 0 Å². The Labute approximate surface area is 81.6 Å². The zero-order valence-electron chi connectivity index (χ0n) is 9.64. The van der Waals surface area contributed by atoms with E-state index < -0.39 is 6.09 Å². The highest BCUT2D eigenvalue weighted by Crippen LogP contribution is 1.69. The Hall–Kier alpha value is -0.770. The van der Waals surface area contributed by atoms with Crippen molar-refractivity contribution in [2.24, 2.45) is 0 Å². The maximum atomic E-state index is 10.3. The Bertz CT molecular complexity index is 86.9. The van der Waals surface area contributed by atoms with Gasteiger partial charge in [0.05, 0.1) is 13.7 Å². The van der Waals surface area contributed by atoms with Crippen LogP contribution in [0.3, 0.4) is 0 Å². The van der Waals surface area contributed by atoms with Crippen LogP contribution in [0.5, 0.6) is 0 Å². The van der Waals surface area contributed by atoms with Gasteiger partial charge in [0.15, 0.2) is 0 Å². The highest BCUT2D eigenvalue weighted by molar-refractivity contribution is 5.66. The van der Waals surface area contributed by atoms with Crippen molar-refractivity contribution >= 4 is 6.09 Å². The highest BCUT2D eigenvalue weighted by Gasteiger charge is 1.93. The molecule has 4 heteroatoms. The summed E-state index contributed by atoms with van der Waals surface area (Å²) in [7, 11) is 2.89. The SMILES string of the molecule is CC.CC.COCCNC(=O)OC. The first-order valence-corrected chi connectivity index (χ1v) is 4.62. The molecule has 0 unspecified atom stereocenters. The average Bonchev–Trinajstić information content (AvgIpc) is 2.24. The molecule has 0 aliphatic rings. The Kier molecular flexibility index (Phi) is 31.3. The van der Waals surface area contributed by atoms with Crippen LogP contribution in [-0.4, -0.2) is 33.5 Å². The minimum atomic E-state index is -0.424. The molecule has 4 nitrogen and oxygen atoms in total. The summed E-state index contributed by atoms with van der Waals surface area (Å²) in [6.07, 6.45) is -0.424. The van der Waals surface area contributed by atoms with Crippen molar-refractivity contribution in [1.82, 2.24) is 5.32 Å². The van der Waals surface area contributed by atoms with E-state index in [0.29, 0.717) is 13.2 Å². The molecule has 0 aromatic carbocycles. The maximum Gasteiger partial charge on any atom is 0.406 e. The molecule has 1 N–H and O–H groups in total. The first kappa shape index (κ1) is 18.1. The molecule has 0 radical (unpaired) electrons. The van der Waals surface area contributed by atoms with E-state index in [1.807, 2.05) is 27.7 Å². The zero-order valence-corrected chi connectivity index (χ0v) is 9.64. The lowest BCUT2D eigenvalue weighted by Crippen LogP contribution is -2.26. The van der Waals surface area contributed by atoms with Gasteiger partial charge in [0.1, 0.15) is 0 Å². The van der Waals surface area contributed by atoms with Gasteiger partial charge in [0.2, 0.25) is 0 Å². The minimum absolute atomic E-state index is 0.424. The van der Waals surface area contributed by atoms with E-state index in [-0.39, 0.29) is 0 Å². The smallest absolute Gasteiger partial charge is 0.406 e. The van der Waals surface area contributed by atoms with E-state index in [9.17, 15) is 4.79 Å². The summed E-state index contributed by atoms with van der Waals surface area (Å²) < 4.78 is 8.96. The molecular weight excluding hydrogens is 170 g/mol. The summed E-state index contributed by atoms with van der Waals surface area (Å²) in [5.74, 6) is 0. The Morgan fingerprint density at radius 1 is 1.15 bits per heavy atom. The minimum Gasteiger partial charge on any atom is -0.453 e. The predicted molar refractivity (Wildman–Crippen MR) is 55.0 cm³/mol. The van der Waals surface area contributed by atoms with E-state index in [0.717, 1.165) is 0 Å². The predicted octanol–water partition coefficient (Wildman–Crippen LogP) is 2.04. The molecule has 0 aromatic heterocycles. The largest absolute Gasteiger partial charge is 0.453 e. The number of rotatable bonds is 3. The number of carbonyl (C=O) groups is 1. The zero-order chi connectivity index (χ0) is 11.1. The van der Waals surface area contributed by atoms with Crippen LogP contribution in [0.25, 0.3) is 0 Å². The molecule has 0 heterocycles. The molecule has 0 saturated heterocycles. The Morgan fingerprint density at radius 3 is 1.92 bits per heavy atom. The fraction of sp³-hybridized carbons (Fsp3) is 0.889. The molecule has 82 valence electrons. The molecule has 0 spiro atoms. The third-order valence-corrected chi connectivity index (χ3v) is 0.761. The standard InChI is InChI=1S/C5H11NO3.2C2H6/c1-8-4-3-6-5(7)9-2;2*1-2/h3-4H2,1-2H3,(H,6,7);2*1-2H3. The average molecular weight is 193 g/mol. The van der Waals surface area contributed by atoms with Crippen molar-refractivity contribution < 1.29 is 14.3 Å². The maximum absolute atomic E-state index is 10.3. The van der Waals surface area contributed by atoms with Crippen LogP contribution in [-0.2, 0) is 9.47 Å². The normalized spacial score (nSPS) is 6.92. The molecule has 0 aromatic rings. The van der Waals surface area contributed by atoms with Crippen molar-refractivity contribution in [3.05, 3.63) is 0 Å². The van der Waals surface area contributed by atoms with E-state index in [1.54, 1.807) is 7.11 Å². The summed E-state index contributed by atoms with van der Waals surface area (Å²) in [4.78, 5) is 10.3. The van der Waals surface area contributed by atoms with Crippen molar-refractivity contribution in [3.63, 3.8) is 0 Å². The molecular formula is C9H23NO3. The second kappa shape index (κ2) is 22.5. The number of nitrogens with one attached hydrogen (secondary N) is 1. The number of amides is 1. The Morgan fingerprint density at radius 2 is 1.62 bits per heavy atom. The van der Waals surface area contributed by atoms with Crippen LogP contribution in [0.15, 0.2) is 0 Å². The lowest BCUT2D eigenvalue weighted by Gasteiger charge is -2.00. The van der Waals surface area contributed by atoms with E-state index in [2.05, 4.69) is 14.8 Å². The van der Waals surface area contributed by atoms with E-state index >= 15 is 0 Å². The fourth-order valence-electron chi connectivity index (χ4n) is 0.327. The molecule has 0 atom stereocenters. The van der Waals surface area contributed by atoms with E-state index in [1.165, 1.54) is 7.11 Å². The molecule has 0 bridgehead atoms. The molecule has 0 rings (SSSR count). The first-order valence-electron chi connectivity index (χ1n) is 4.62. The van der Waals surface area contributed by atoms with Gasteiger partial charge in [-0.3, -0.25) is 0 Å². The van der Waals surface area contributed by atoms with Crippen LogP contribution in [0.1, 0.15) is 27.7 Å². The first-order chi connectivity index (χ1) is 6.31. The van der Waals surface area contributed by atoms with Gasteiger partial charge in [-0.05, 0) is 0 Å². The van der Waals surface area contributed by atoms with Crippen molar-refractivity contribution in [3.8, 4) is 0 Å². The van der Waals surface area contributed by atoms with Crippen molar-refractivity contribution in [2.75, 3.05) is 27.4 Å². The second-order valence-electron chi connectivity index (χ2n) is 1.41. The van der Waals surface area contributed by atoms with Crippen LogP contribution in [0, 0.1) is 0 Å². The molecule has 0 fully saturated rings. The molecule has 1 amide bonds. The van der Waals surface area contributed by atoms with Crippen LogP contribution >= 0.6 is 0 Å². The second-order valence-corrected chi connectivity index (χ2v) is 1.41. The topological polar surface area (TPSA) is 47.6 Å². The molecule has 0 aliphatic heterocycles. The van der Waals surface area contributed by atoms with Crippen LogP contribution < -0.4 is 5.32 Å². The van der Waals surface area contributed by atoms with E-state index in [4.69, 9.17) is 0 Å². The number of hydrogen-bond donors (Lipinski definition) is 1. The van der Waals surface area contributed by atoms with Crippen molar-refractivity contribution in [1.29, 1.82) is 0 Å². The van der Waals surface area contributed by atoms with Crippen LogP contribution in [0.2, 0.25) is 0 Å². The summed E-state index contributed by atoms with van der Waals surface area (Å²) in [5.41, 5.74) is 0. The lowest BCUT2D eigenvalue weighted by atomic mass is 10.7. The summed E-state index contributed by atoms with van der Waals surface area (Å²) in [6.45, 7) is 9.00. The van der Waals surface area contributed by atoms with Gasteiger partial charge in [-0.2, -0.15) is 0 Å². The third kappa shape index (κ3) is 24.6.